The lowest BCUT2D eigenvalue weighted by Gasteiger charge is -2.36. The van der Waals surface area contributed by atoms with Gasteiger partial charge in [0.15, 0.2) is 5.58 Å². The van der Waals surface area contributed by atoms with Crippen LogP contribution in [0.2, 0.25) is 0 Å². The maximum Gasteiger partial charge on any atom is 0.308 e. The van der Waals surface area contributed by atoms with Gasteiger partial charge in [-0.15, -0.1) is 0 Å². The second-order valence-corrected chi connectivity index (χ2v) is 11.0. The summed E-state index contributed by atoms with van der Waals surface area (Å²) in [7, 11) is 1.49. The molecule has 1 aliphatic heterocycles. The first kappa shape index (κ1) is 25.3. The number of benzene rings is 1. The highest BCUT2D eigenvalue weighted by atomic mass is 16.5. The fraction of sp³-hybridized carbons (Fsp3) is 0.714. The van der Waals surface area contributed by atoms with Gasteiger partial charge in [0.05, 0.1) is 31.8 Å². The number of rotatable bonds is 8. The molecule has 2 aromatic rings. The number of hydrogen-bond donors (Lipinski definition) is 1. The van der Waals surface area contributed by atoms with Gasteiger partial charge in [0.1, 0.15) is 11.1 Å². The number of piperidine rings is 1. The van der Waals surface area contributed by atoms with Gasteiger partial charge < -0.3 is 28.7 Å². The molecule has 0 amide bonds. The van der Waals surface area contributed by atoms with Gasteiger partial charge in [-0.2, -0.15) is 0 Å². The smallest absolute Gasteiger partial charge is 0.308 e. The molecule has 0 radical (unpaired) electrons. The summed E-state index contributed by atoms with van der Waals surface area (Å²) in [6, 6.07) is 5.76. The van der Waals surface area contributed by atoms with Gasteiger partial charge in [-0.1, -0.05) is 6.07 Å². The van der Waals surface area contributed by atoms with Crippen LogP contribution in [0.25, 0.3) is 11.0 Å². The third-order valence-electron chi connectivity index (χ3n) is 8.43. The molecule has 2 aliphatic carbocycles. The Morgan fingerprint density at radius 1 is 1.03 bits per heavy atom. The van der Waals surface area contributed by atoms with Gasteiger partial charge in [0.25, 0.3) is 5.88 Å². The minimum Gasteiger partial charge on any atom is -0.489 e. The zero-order valence-corrected chi connectivity index (χ0v) is 21.4. The number of likely N-dealkylation sites (tertiary alicyclic amines) is 1. The first-order valence-electron chi connectivity index (χ1n) is 13.7. The number of fused-ring (bicyclic) bond motifs is 1. The maximum atomic E-state index is 11.8. The van der Waals surface area contributed by atoms with Crippen molar-refractivity contribution in [1.29, 1.82) is 0 Å². The first-order chi connectivity index (χ1) is 17.6. The molecule has 198 valence electrons. The Kier molecular flexibility index (Phi) is 8.32. The summed E-state index contributed by atoms with van der Waals surface area (Å²) >= 11 is 0. The number of esters is 1. The van der Waals surface area contributed by atoms with Gasteiger partial charge in [-0.05, 0) is 106 Å². The number of aromatic nitrogens is 1. The number of aliphatic hydroxyl groups is 1. The number of aliphatic hydroxyl groups excluding tert-OH is 1. The van der Waals surface area contributed by atoms with Crippen LogP contribution < -0.4 is 9.47 Å². The number of carbonyl (C=O) groups is 1. The van der Waals surface area contributed by atoms with Crippen LogP contribution in [-0.2, 0) is 9.53 Å². The van der Waals surface area contributed by atoms with E-state index in [1.54, 1.807) is 0 Å². The monoisotopic (exact) mass is 500 g/mol. The van der Waals surface area contributed by atoms with E-state index in [2.05, 4.69) is 10.1 Å². The molecule has 0 atom stereocenters. The van der Waals surface area contributed by atoms with Crippen LogP contribution in [0.15, 0.2) is 22.7 Å². The Labute approximate surface area is 213 Å². The van der Waals surface area contributed by atoms with Crippen LogP contribution in [-0.4, -0.2) is 66.7 Å². The van der Waals surface area contributed by atoms with Crippen molar-refractivity contribution in [2.24, 2.45) is 17.8 Å². The minimum absolute atomic E-state index is 0.0401. The molecule has 5 rings (SSSR count). The average Bonchev–Trinajstić information content (AvgIpc) is 3.34. The summed E-state index contributed by atoms with van der Waals surface area (Å²) in [5, 5.41) is 14.8. The highest BCUT2D eigenvalue weighted by molar-refractivity contribution is 5.88. The van der Waals surface area contributed by atoms with Gasteiger partial charge in [-0.25, -0.2) is 0 Å². The molecule has 1 aromatic carbocycles. The molecule has 1 N–H and O–H groups in total. The highest BCUT2D eigenvalue weighted by Crippen LogP contribution is 2.36. The Morgan fingerprint density at radius 2 is 1.78 bits per heavy atom. The van der Waals surface area contributed by atoms with Gasteiger partial charge in [0, 0.05) is 6.54 Å². The van der Waals surface area contributed by atoms with Crippen molar-refractivity contribution < 1.29 is 28.6 Å². The molecular weight excluding hydrogens is 460 g/mol. The van der Waals surface area contributed by atoms with Crippen LogP contribution in [0.4, 0.5) is 0 Å². The van der Waals surface area contributed by atoms with Gasteiger partial charge >= 0.3 is 5.97 Å². The molecular formula is C28H40N2O6. The Hall–Kier alpha value is -2.32. The largest absolute Gasteiger partial charge is 0.489 e. The van der Waals surface area contributed by atoms with E-state index >= 15 is 0 Å². The molecule has 2 saturated carbocycles. The topological polar surface area (TPSA) is 94.3 Å². The summed E-state index contributed by atoms with van der Waals surface area (Å²) in [6.07, 6.45) is 9.54. The van der Waals surface area contributed by atoms with E-state index in [0.717, 1.165) is 95.0 Å². The molecule has 0 bridgehead atoms. The maximum absolute atomic E-state index is 11.8. The predicted octanol–water partition coefficient (Wildman–Crippen LogP) is 4.58. The zero-order valence-electron chi connectivity index (χ0n) is 21.4. The molecule has 2 heterocycles. The number of nitrogens with zero attached hydrogens (tertiary/aromatic N) is 2. The van der Waals surface area contributed by atoms with Crippen LogP contribution in [0, 0.1) is 17.8 Å². The van der Waals surface area contributed by atoms with E-state index in [-0.39, 0.29) is 24.1 Å². The summed E-state index contributed by atoms with van der Waals surface area (Å²) < 4.78 is 22.9. The Bertz CT molecular complexity index is 985. The van der Waals surface area contributed by atoms with E-state index in [1.165, 1.54) is 7.11 Å². The zero-order chi connectivity index (χ0) is 24.9. The normalized spacial score (nSPS) is 28.2. The van der Waals surface area contributed by atoms with Crippen molar-refractivity contribution >= 4 is 16.9 Å². The van der Waals surface area contributed by atoms with E-state index in [4.69, 9.17) is 18.7 Å². The summed E-state index contributed by atoms with van der Waals surface area (Å²) in [5.41, 5.74) is 0.676. The molecule has 3 aliphatic rings. The quantitative estimate of drug-likeness (QED) is 0.527. The molecule has 8 nitrogen and oxygen atoms in total. The fourth-order valence-corrected chi connectivity index (χ4v) is 6.12. The molecule has 1 aromatic heterocycles. The van der Waals surface area contributed by atoms with Gasteiger partial charge in [-0.3, -0.25) is 4.79 Å². The summed E-state index contributed by atoms with van der Waals surface area (Å²) in [5.74, 6) is 2.51. The lowest BCUT2D eigenvalue weighted by molar-refractivity contribution is -0.146. The second-order valence-electron chi connectivity index (χ2n) is 11.0. The SMILES string of the molecule is COC(=O)C1CCC(CN2CCC(COc3noc4cccc(OC5CCC(O)CC5)c34)CC2)CC1. The minimum atomic E-state index is -0.205. The Morgan fingerprint density at radius 3 is 2.50 bits per heavy atom. The van der Waals surface area contributed by atoms with Crippen molar-refractivity contribution in [3.63, 3.8) is 0 Å². The van der Waals surface area contributed by atoms with Crippen LogP contribution in [0.3, 0.4) is 0 Å². The molecule has 0 unspecified atom stereocenters. The van der Waals surface area contributed by atoms with Crippen molar-refractivity contribution in [2.75, 3.05) is 33.4 Å². The fourth-order valence-electron chi connectivity index (χ4n) is 6.12. The molecule has 0 spiro atoms. The molecule has 36 heavy (non-hydrogen) atoms. The lowest BCUT2D eigenvalue weighted by Crippen LogP contribution is -2.39. The number of methoxy groups -OCH3 is 1. The van der Waals surface area contributed by atoms with E-state index in [1.807, 2.05) is 18.2 Å². The van der Waals surface area contributed by atoms with Crippen molar-refractivity contribution in [1.82, 2.24) is 10.1 Å². The highest BCUT2D eigenvalue weighted by Gasteiger charge is 2.29. The molecule has 3 fully saturated rings. The van der Waals surface area contributed by atoms with E-state index < -0.39 is 0 Å². The number of ether oxygens (including phenoxy) is 3. The molecule has 8 heteroatoms. The second kappa shape index (κ2) is 11.8. The van der Waals surface area contributed by atoms with Crippen LogP contribution in [0.5, 0.6) is 11.6 Å². The predicted molar refractivity (Wildman–Crippen MR) is 135 cm³/mol. The first-order valence-corrected chi connectivity index (χ1v) is 13.7. The molecule has 1 saturated heterocycles. The standard InChI is InChI=1S/C28H40N2O6/c1-33-28(32)21-7-5-19(6-8-21)17-30-15-13-20(14-16-30)18-34-27-26-24(3-2-4-25(26)36-29-27)35-23-11-9-22(31)10-12-23/h2-4,19-23,31H,5-18H2,1H3. The Balaban J connectivity index is 1.09. The van der Waals surface area contributed by atoms with E-state index in [0.29, 0.717) is 29.9 Å². The van der Waals surface area contributed by atoms with Crippen molar-refractivity contribution in [3.05, 3.63) is 18.2 Å². The van der Waals surface area contributed by atoms with Crippen molar-refractivity contribution in [3.8, 4) is 11.6 Å². The van der Waals surface area contributed by atoms with Crippen molar-refractivity contribution in [2.45, 2.75) is 76.4 Å². The number of hydrogen-bond acceptors (Lipinski definition) is 8. The summed E-state index contributed by atoms with van der Waals surface area (Å²) in [6.45, 7) is 3.94. The van der Waals surface area contributed by atoms with E-state index in [9.17, 15) is 9.90 Å². The van der Waals surface area contributed by atoms with Crippen LogP contribution >= 0.6 is 0 Å². The summed E-state index contributed by atoms with van der Waals surface area (Å²) in [4.78, 5) is 14.3. The average molecular weight is 501 g/mol. The third kappa shape index (κ3) is 6.14. The van der Waals surface area contributed by atoms with Gasteiger partial charge in [0.2, 0.25) is 0 Å². The number of carbonyl (C=O) groups excluding carboxylic acids is 1. The third-order valence-corrected chi connectivity index (χ3v) is 8.43. The lowest BCUT2D eigenvalue weighted by atomic mass is 9.81. The van der Waals surface area contributed by atoms with Crippen LogP contribution in [0.1, 0.15) is 64.2 Å².